The van der Waals surface area contributed by atoms with Crippen LogP contribution in [0.5, 0.6) is 5.75 Å². The van der Waals surface area contributed by atoms with E-state index in [1.165, 1.54) is 0 Å². The number of ether oxygens (including phenoxy) is 2. The molecular weight excluding hydrogens is 330 g/mol. The van der Waals surface area contributed by atoms with Gasteiger partial charge in [-0.3, -0.25) is 4.68 Å². The Balaban J connectivity index is 1.57. The summed E-state index contributed by atoms with van der Waals surface area (Å²) < 4.78 is 13.4. The van der Waals surface area contributed by atoms with Crippen molar-refractivity contribution >= 4 is 5.96 Å². The van der Waals surface area contributed by atoms with Gasteiger partial charge < -0.3 is 19.7 Å². The molecule has 3 rings (SSSR count). The van der Waals surface area contributed by atoms with Crippen molar-refractivity contribution in [3.05, 3.63) is 48.3 Å². The number of aryl methyl sites for hydroxylation is 1. The van der Waals surface area contributed by atoms with Crippen LogP contribution in [0.3, 0.4) is 0 Å². The molecule has 1 aromatic carbocycles. The quantitative estimate of drug-likeness (QED) is 0.486. The van der Waals surface area contributed by atoms with E-state index in [1.807, 2.05) is 49.8 Å². The molecule has 2 aromatic rings. The van der Waals surface area contributed by atoms with Crippen molar-refractivity contribution in [1.29, 1.82) is 0 Å². The van der Waals surface area contributed by atoms with Crippen LogP contribution >= 0.6 is 0 Å². The van der Waals surface area contributed by atoms with Crippen LogP contribution in [0.25, 0.3) is 0 Å². The van der Waals surface area contributed by atoms with Crippen molar-refractivity contribution < 1.29 is 9.47 Å². The van der Waals surface area contributed by atoms with Crippen molar-refractivity contribution in [2.45, 2.75) is 13.0 Å². The molecule has 0 bridgehead atoms. The average molecular weight is 357 g/mol. The lowest BCUT2D eigenvalue weighted by atomic mass is 10.1. The number of rotatable bonds is 6. The minimum absolute atomic E-state index is 0.0156. The van der Waals surface area contributed by atoms with Crippen LogP contribution in [0.2, 0.25) is 0 Å². The molecule has 1 aliphatic heterocycles. The number of aliphatic imine (C=N–C) groups is 1. The molecule has 0 amide bonds. The second-order valence-corrected chi connectivity index (χ2v) is 6.15. The highest BCUT2D eigenvalue weighted by Gasteiger charge is 2.25. The van der Waals surface area contributed by atoms with E-state index in [0.717, 1.165) is 36.9 Å². The monoisotopic (exact) mass is 357 g/mol. The highest BCUT2D eigenvalue weighted by atomic mass is 16.5. The zero-order chi connectivity index (χ0) is 18.2. The summed E-state index contributed by atoms with van der Waals surface area (Å²) in [6, 6.07) is 9.82. The zero-order valence-electron chi connectivity index (χ0n) is 15.5. The molecule has 1 atom stereocenters. The van der Waals surface area contributed by atoms with E-state index in [1.54, 1.807) is 4.68 Å². The maximum absolute atomic E-state index is 5.92. The molecule has 1 aliphatic rings. The predicted molar refractivity (Wildman–Crippen MR) is 101 cm³/mol. The number of hydrogen-bond donors (Lipinski definition) is 1. The standard InChI is InChI=1S/C19H27N5O2/c1-3-20-19(21-9-11-25-17-7-5-4-6-8-17)24-10-12-26-18(15-24)16-13-22-23(2)14-16/h4-8,13-14,18H,3,9-12,15H2,1-2H3,(H,20,21). The van der Waals surface area contributed by atoms with Crippen LogP contribution < -0.4 is 10.1 Å². The minimum Gasteiger partial charge on any atom is -0.492 e. The highest BCUT2D eigenvalue weighted by molar-refractivity contribution is 5.80. The first-order valence-electron chi connectivity index (χ1n) is 9.07. The average Bonchev–Trinajstić information content (AvgIpc) is 3.12. The van der Waals surface area contributed by atoms with Gasteiger partial charge in [-0.05, 0) is 19.1 Å². The van der Waals surface area contributed by atoms with Crippen LogP contribution in [0.1, 0.15) is 18.6 Å². The predicted octanol–water partition coefficient (Wildman–Crippen LogP) is 1.84. The van der Waals surface area contributed by atoms with E-state index >= 15 is 0 Å². The molecular formula is C19H27N5O2. The van der Waals surface area contributed by atoms with Gasteiger partial charge in [0.2, 0.25) is 0 Å². The Hall–Kier alpha value is -2.54. The van der Waals surface area contributed by atoms with Crippen LogP contribution in [0.4, 0.5) is 0 Å². The fourth-order valence-electron chi connectivity index (χ4n) is 2.91. The van der Waals surface area contributed by atoms with Gasteiger partial charge in [0.25, 0.3) is 0 Å². The zero-order valence-corrected chi connectivity index (χ0v) is 15.5. The number of hydrogen-bond acceptors (Lipinski definition) is 4. The molecule has 1 aromatic heterocycles. The molecule has 1 N–H and O–H groups in total. The number of benzene rings is 1. The molecule has 7 nitrogen and oxygen atoms in total. The Labute approximate surface area is 154 Å². The summed E-state index contributed by atoms with van der Waals surface area (Å²) in [4.78, 5) is 6.96. The lowest BCUT2D eigenvalue weighted by Crippen LogP contribution is -2.48. The first-order chi connectivity index (χ1) is 12.8. The third-order valence-electron chi connectivity index (χ3n) is 4.16. The Morgan fingerprint density at radius 1 is 1.38 bits per heavy atom. The summed E-state index contributed by atoms with van der Waals surface area (Å²) in [7, 11) is 1.92. The number of guanidine groups is 1. The molecule has 0 aliphatic carbocycles. The van der Waals surface area contributed by atoms with Gasteiger partial charge >= 0.3 is 0 Å². The Morgan fingerprint density at radius 2 is 2.23 bits per heavy atom. The molecule has 1 saturated heterocycles. The van der Waals surface area contributed by atoms with Gasteiger partial charge in [-0.15, -0.1) is 0 Å². The van der Waals surface area contributed by atoms with E-state index in [-0.39, 0.29) is 6.10 Å². The number of nitrogens with one attached hydrogen (secondary N) is 1. The van der Waals surface area contributed by atoms with E-state index in [9.17, 15) is 0 Å². The van der Waals surface area contributed by atoms with Crippen molar-refractivity contribution in [3.63, 3.8) is 0 Å². The third-order valence-corrected chi connectivity index (χ3v) is 4.16. The number of morpholine rings is 1. The Morgan fingerprint density at radius 3 is 2.96 bits per heavy atom. The van der Waals surface area contributed by atoms with E-state index < -0.39 is 0 Å². The third kappa shape index (κ3) is 4.98. The van der Waals surface area contributed by atoms with Crippen molar-refractivity contribution in [3.8, 4) is 5.75 Å². The van der Waals surface area contributed by atoms with Gasteiger partial charge in [-0.2, -0.15) is 5.10 Å². The first kappa shape index (κ1) is 18.3. The number of para-hydroxylation sites is 1. The minimum atomic E-state index is 0.0156. The largest absolute Gasteiger partial charge is 0.492 e. The van der Waals surface area contributed by atoms with Crippen LogP contribution in [0.15, 0.2) is 47.7 Å². The molecule has 0 spiro atoms. The van der Waals surface area contributed by atoms with Gasteiger partial charge in [0, 0.05) is 31.9 Å². The molecule has 1 fully saturated rings. The Kier molecular flexibility index (Phi) is 6.49. The second-order valence-electron chi connectivity index (χ2n) is 6.15. The lowest BCUT2D eigenvalue weighted by molar-refractivity contribution is -0.00805. The summed E-state index contributed by atoms with van der Waals surface area (Å²) in [6.45, 7) is 6.31. The van der Waals surface area contributed by atoms with Gasteiger partial charge in [0.05, 0.1) is 25.9 Å². The summed E-state index contributed by atoms with van der Waals surface area (Å²) in [6.07, 6.45) is 3.89. The number of nitrogens with zero attached hydrogens (tertiary/aromatic N) is 4. The molecule has 26 heavy (non-hydrogen) atoms. The van der Waals surface area contributed by atoms with Crippen LogP contribution in [-0.2, 0) is 11.8 Å². The fourth-order valence-corrected chi connectivity index (χ4v) is 2.91. The second kappa shape index (κ2) is 9.24. The summed E-state index contributed by atoms with van der Waals surface area (Å²) in [5, 5.41) is 7.62. The normalized spacial score (nSPS) is 18.0. The van der Waals surface area contributed by atoms with E-state index in [4.69, 9.17) is 14.5 Å². The lowest BCUT2D eigenvalue weighted by Gasteiger charge is -2.34. The molecule has 0 saturated carbocycles. The van der Waals surface area contributed by atoms with Crippen molar-refractivity contribution in [1.82, 2.24) is 20.0 Å². The SMILES string of the molecule is CCNC(=NCCOc1ccccc1)N1CCOC(c2cnn(C)c2)C1. The van der Waals surface area contributed by atoms with Gasteiger partial charge in [0.1, 0.15) is 18.5 Å². The summed E-state index contributed by atoms with van der Waals surface area (Å²) >= 11 is 0. The molecule has 7 heteroatoms. The fraction of sp³-hybridized carbons (Fsp3) is 0.474. The van der Waals surface area contributed by atoms with E-state index in [0.29, 0.717) is 19.8 Å². The van der Waals surface area contributed by atoms with Gasteiger partial charge in [0.15, 0.2) is 5.96 Å². The summed E-state index contributed by atoms with van der Waals surface area (Å²) in [5.74, 6) is 1.78. The molecule has 2 heterocycles. The molecule has 1 unspecified atom stereocenters. The number of aromatic nitrogens is 2. The first-order valence-corrected chi connectivity index (χ1v) is 9.07. The van der Waals surface area contributed by atoms with Crippen molar-refractivity contribution in [2.24, 2.45) is 12.0 Å². The smallest absolute Gasteiger partial charge is 0.194 e. The molecule has 0 radical (unpaired) electrons. The van der Waals surface area contributed by atoms with Crippen LogP contribution in [0, 0.1) is 0 Å². The topological polar surface area (TPSA) is 63.9 Å². The van der Waals surface area contributed by atoms with Gasteiger partial charge in [-0.1, -0.05) is 18.2 Å². The summed E-state index contributed by atoms with van der Waals surface area (Å²) in [5.41, 5.74) is 1.10. The van der Waals surface area contributed by atoms with E-state index in [2.05, 4.69) is 22.2 Å². The van der Waals surface area contributed by atoms with Crippen LogP contribution in [-0.4, -0.2) is 60.0 Å². The Bertz CT molecular complexity index is 701. The maximum atomic E-state index is 5.92. The highest BCUT2D eigenvalue weighted by Crippen LogP contribution is 2.21. The molecule has 140 valence electrons. The maximum Gasteiger partial charge on any atom is 0.194 e. The van der Waals surface area contributed by atoms with Gasteiger partial charge in [-0.25, -0.2) is 4.99 Å². The van der Waals surface area contributed by atoms with Crippen molar-refractivity contribution in [2.75, 3.05) is 39.4 Å².